The average molecular weight is 435 g/mol. The Balaban J connectivity index is 0.00000243. The highest BCUT2D eigenvalue weighted by molar-refractivity contribution is 7.99. The predicted octanol–water partition coefficient (Wildman–Crippen LogP) is 2.95. The van der Waals surface area contributed by atoms with Gasteiger partial charge in [-0.2, -0.15) is 0 Å². The molecule has 1 unspecified atom stereocenters. The number of fused-ring (bicyclic) bond motifs is 2. The van der Waals surface area contributed by atoms with Crippen LogP contribution in [0.25, 0.3) is 0 Å². The van der Waals surface area contributed by atoms with Crippen molar-refractivity contribution >= 4 is 23.1 Å². The first-order valence-electron chi connectivity index (χ1n) is 9.49. The molecule has 0 radical (unpaired) electrons. The zero-order valence-corrected chi connectivity index (χ0v) is 18.8. The number of hydrogen-bond acceptors (Lipinski definition) is 2. The number of unbranched alkanes of at least 4 members (excludes halogenated alkanes) is 2. The van der Waals surface area contributed by atoms with Crippen molar-refractivity contribution in [2.75, 3.05) is 32.1 Å². The Labute approximate surface area is 173 Å². The molecule has 1 aliphatic rings. The van der Waals surface area contributed by atoms with E-state index < -0.39 is 0 Å². The van der Waals surface area contributed by atoms with Gasteiger partial charge < -0.3 is 26.4 Å². The van der Waals surface area contributed by atoms with Crippen molar-refractivity contribution in [1.29, 1.82) is 0 Å². The lowest BCUT2D eigenvalue weighted by molar-refractivity contribution is -0.911. The third-order valence-electron chi connectivity index (χ3n) is 5.51. The lowest BCUT2D eigenvalue weighted by Crippen LogP contribution is -3.00. The Morgan fingerprint density at radius 1 is 0.923 bits per heavy atom. The zero-order valence-electron chi connectivity index (χ0n) is 16.4. The highest BCUT2D eigenvalue weighted by atomic mass is 79.9. The summed E-state index contributed by atoms with van der Waals surface area (Å²) in [6.45, 7) is 6.98. The second-order valence-electron chi connectivity index (χ2n) is 7.71. The molecule has 0 saturated heterocycles. The number of quaternary nitrogens is 1. The van der Waals surface area contributed by atoms with Gasteiger partial charge >= 0.3 is 0 Å². The van der Waals surface area contributed by atoms with Gasteiger partial charge in [0.05, 0.1) is 38.6 Å². The summed E-state index contributed by atoms with van der Waals surface area (Å²) in [5.41, 5.74) is 2.71. The maximum atomic E-state index is 2.53. The summed E-state index contributed by atoms with van der Waals surface area (Å²) in [6, 6.07) is 18.2. The van der Waals surface area contributed by atoms with Crippen LogP contribution in [0.2, 0.25) is 0 Å². The summed E-state index contributed by atoms with van der Waals surface area (Å²) >= 11 is 1.89. The maximum Gasteiger partial charge on any atom is 0.104 e. The average Bonchev–Trinajstić information content (AvgIpc) is 2.61. The zero-order chi connectivity index (χ0) is 17.9. The molecule has 1 atom stereocenters. The van der Waals surface area contributed by atoms with Crippen LogP contribution in [0.15, 0.2) is 58.3 Å². The van der Waals surface area contributed by atoms with Crippen molar-refractivity contribution in [1.82, 2.24) is 0 Å². The number of halogens is 1. The van der Waals surface area contributed by atoms with Gasteiger partial charge in [0.25, 0.3) is 0 Å². The lowest BCUT2D eigenvalue weighted by atomic mass is 10.1. The van der Waals surface area contributed by atoms with Gasteiger partial charge in [-0.15, -0.1) is 0 Å². The van der Waals surface area contributed by atoms with E-state index in [0.717, 1.165) is 11.0 Å². The normalized spacial score (nSPS) is 14.2. The number of nitrogens with zero attached hydrogens (tertiary/aromatic N) is 2. The predicted molar refractivity (Wildman–Crippen MR) is 110 cm³/mol. The van der Waals surface area contributed by atoms with Gasteiger partial charge in [-0.05, 0) is 44.0 Å². The molecule has 4 heteroatoms. The smallest absolute Gasteiger partial charge is 0.104 e. The van der Waals surface area contributed by atoms with E-state index in [-0.39, 0.29) is 17.0 Å². The van der Waals surface area contributed by atoms with E-state index in [0.29, 0.717) is 6.04 Å². The SMILES string of the molecule is CCCCC[N+](C)(C)C(C)CN1c2ccccc2Sc2ccccc21.[Br-]. The Hall–Kier alpha value is -0.970. The number of benzene rings is 2. The molecule has 1 aliphatic heterocycles. The molecule has 1 heterocycles. The molecular formula is C22H31BrN2S. The quantitative estimate of drug-likeness (QED) is 0.486. The van der Waals surface area contributed by atoms with Crippen LogP contribution in [0.1, 0.15) is 33.1 Å². The Morgan fingerprint density at radius 2 is 1.46 bits per heavy atom. The summed E-state index contributed by atoms with van der Waals surface area (Å²) in [7, 11) is 4.77. The van der Waals surface area contributed by atoms with Gasteiger partial charge in [0.15, 0.2) is 0 Å². The summed E-state index contributed by atoms with van der Waals surface area (Å²) in [5.74, 6) is 0. The number of hydrogen-bond donors (Lipinski definition) is 0. The van der Waals surface area contributed by atoms with Crippen molar-refractivity contribution in [3.63, 3.8) is 0 Å². The molecule has 0 N–H and O–H groups in total. The van der Waals surface area contributed by atoms with E-state index in [9.17, 15) is 0 Å². The minimum atomic E-state index is 0. The Morgan fingerprint density at radius 3 is 2.00 bits per heavy atom. The fourth-order valence-corrected chi connectivity index (χ4v) is 4.55. The molecule has 26 heavy (non-hydrogen) atoms. The Kier molecular flexibility index (Phi) is 7.63. The van der Waals surface area contributed by atoms with Gasteiger partial charge in [-0.3, -0.25) is 0 Å². The van der Waals surface area contributed by atoms with Gasteiger partial charge in [0, 0.05) is 9.79 Å². The number of rotatable bonds is 7. The van der Waals surface area contributed by atoms with Gasteiger partial charge in [-0.25, -0.2) is 0 Å². The van der Waals surface area contributed by atoms with Crippen LogP contribution in [0, 0.1) is 0 Å². The van der Waals surface area contributed by atoms with Crippen molar-refractivity contribution < 1.29 is 21.5 Å². The molecule has 0 amide bonds. The van der Waals surface area contributed by atoms with Crippen LogP contribution in [-0.2, 0) is 0 Å². The largest absolute Gasteiger partial charge is 1.00 e. The molecular weight excluding hydrogens is 404 g/mol. The molecule has 0 aliphatic carbocycles. The minimum absolute atomic E-state index is 0. The van der Waals surface area contributed by atoms with Crippen LogP contribution < -0.4 is 21.9 Å². The van der Waals surface area contributed by atoms with Crippen molar-refractivity contribution in [2.24, 2.45) is 0 Å². The van der Waals surface area contributed by atoms with Crippen LogP contribution in [0.3, 0.4) is 0 Å². The first-order valence-corrected chi connectivity index (χ1v) is 10.3. The molecule has 142 valence electrons. The molecule has 0 spiro atoms. The second-order valence-corrected chi connectivity index (χ2v) is 8.79. The summed E-state index contributed by atoms with van der Waals surface area (Å²) in [5, 5.41) is 0. The lowest BCUT2D eigenvalue weighted by Gasteiger charge is -2.41. The first kappa shape index (κ1) is 21.3. The number of para-hydroxylation sites is 2. The Bertz CT molecular complexity index is 671. The molecule has 2 nitrogen and oxygen atoms in total. The third kappa shape index (κ3) is 4.65. The van der Waals surface area contributed by atoms with Gasteiger partial charge in [0.2, 0.25) is 0 Å². The highest BCUT2D eigenvalue weighted by Crippen LogP contribution is 2.47. The maximum absolute atomic E-state index is 2.53. The standard InChI is InChI=1S/C22H31N2S.BrH/c1-5-6-11-16-24(3,4)18(2)17-23-19-12-7-9-14-21(19)25-22-15-10-8-13-20(22)23;/h7-10,12-15,18H,5-6,11,16-17H2,1-4H3;1H/q+1;/p-1. The first-order chi connectivity index (χ1) is 12.0. The third-order valence-corrected chi connectivity index (χ3v) is 6.64. The topological polar surface area (TPSA) is 3.24 Å². The van der Waals surface area contributed by atoms with Crippen molar-refractivity contribution in [2.45, 2.75) is 48.9 Å². The molecule has 3 rings (SSSR count). The van der Waals surface area contributed by atoms with E-state index in [4.69, 9.17) is 0 Å². The van der Waals surface area contributed by atoms with Crippen LogP contribution in [0.5, 0.6) is 0 Å². The van der Waals surface area contributed by atoms with E-state index in [2.05, 4.69) is 81.4 Å². The van der Waals surface area contributed by atoms with Gasteiger partial charge in [-0.1, -0.05) is 49.4 Å². The van der Waals surface area contributed by atoms with E-state index in [1.54, 1.807) is 0 Å². The van der Waals surface area contributed by atoms with Gasteiger partial charge in [0.1, 0.15) is 6.04 Å². The number of anilines is 2. The molecule has 0 fully saturated rings. The fourth-order valence-electron chi connectivity index (χ4n) is 3.45. The van der Waals surface area contributed by atoms with E-state index in [1.165, 1.54) is 47.0 Å². The molecule has 0 bridgehead atoms. The second kappa shape index (κ2) is 9.29. The molecule has 2 aromatic rings. The highest BCUT2D eigenvalue weighted by Gasteiger charge is 2.30. The number of likely N-dealkylation sites (N-methyl/N-ethyl adjacent to an activating group) is 1. The monoisotopic (exact) mass is 434 g/mol. The van der Waals surface area contributed by atoms with E-state index in [1.807, 2.05) is 11.8 Å². The summed E-state index contributed by atoms with van der Waals surface area (Å²) in [6.07, 6.45) is 3.94. The van der Waals surface area contributed by atoms with Crippen LogP contribution in [-0.4, -0.2) is 37.7 Å². The van der Waals surface area contributed by atoms with E-state index >= 15 is 0 Å². The molecule has 0 saturated carbocycles. The van der Waals surface area contributed by atoms with Crippen molar-refractivity contribution in [3.05, 3.63) is 48.5 Å². The summed E-state index contributed by atoms with van der Waals surface area (Å²) in [4.78, 5) is 5.26. The van der Waals surface area contributed by atoms with Crippen LogP contribution >= 0.6 is 11.8 Å². The van der Waals surface area contributed by atoms with Crippen molar-refractivity contribution in [3.8, 4) is 0 Å². The van der Waals surface area contributed by atoms with Crippen LogP contribution in [0.4, 0.5) is 11.4 Å². The molecule has 0 aromatic heterocycles. The summed E-state index contributed by atoms with van der Waals surface area (Å²) < 4.78 is 1.08. The minimum Gasteiger partial charge on any atom is -1.00 e. The molecule has 2 aromatic carbocycles. The fraction of sp³-hybridized carbons (Fsp3) is 0.455.